The maximum absolute atomic E-state index is 12.4. The number of rotatable bonds is 6. The van der Waals surface area contributed by atoms with Gasteiger partial charge in [-0.05, 0) is 57.0 Å². The second-order valence-electron chi connectivity index (χ2n) is 5.49. The molecule has 0 saturated carbocycles. The van der Waals surface area contributed by atoms with Crippen molar-refractivity contribution < 1.29 is 21.9 Å². The van der Waals surface area contributed by atoms with Crippen LogP contribution >= 0.6 is 24.0 Å². The van der Waals surface area contributed by atoms with Crippen molar-refractivity contribution in [2.24, 2.45) is 5.92 Å². The van der Waals surface area contributed by atoms with Crippen LogP contribution in [-0.2, 0) is 10.0 Å². The molecule has 138 valence electrons. The van der Waals surface area contributed by atoms with Crippen LogP contribution < -0.4 is 14.8 Å². The predicted molar refractivity (Wildman–Crippen MR) is 90.7 cm³/mol. The second kappa shape index (κ2) is 9.15. The highest BCUT2D eigenvalue weighted by molar-refractivity contribution is 7.89. The summed E-state index contributed by atoms with van der Waals surface area (Å²) in [4.78, 5) is -0.0836. The van der Waals surface area contributed by atoms with E-state index < -0.39 is 16.6 Å². The molecule has 5 nitrogen and oxygen atoms in total. The quantitative estimate of drug-likeness (QED) is 0.764. The molecule has 1 fully saturated rings. The van der Waals surface area contributed by atoms with Gasteiger partial charge < -0.3 is 10.1 Å². The topological polar surface area (TPSA) is 67.4 Å². The minimum Gasteiger partial charge on any atom is -0.433 e. The molecular weight excluding hydrogens is 385 g/mol. The third-order valence-corrected chi connectivity index (χ3v) is 5.66. The van der Waals surface area contributed by atoms with Gasteiger partial charge in [-0.2, -0.15) is 8.78 Å². The van der Waals surface area contributed by atoms with Gasteiger partial charge in [0.1, 0.15) is 5.75 Å². The molecule has 0 bridgehead atoms. The molecule has 1 aromatic rings. The maximum Gasteiger partial charge on any atom is 0.387 e. The van der Waals surface area contributed by atoms with Gasteiger partial charge in [-0.25, -0.2) is 13.1 Å². The summed E-state index contributed by atoms with van der Waals surface area (Å²) in [7, 11) is -3.78. The van der Waals surface area contributed by atoms with Crippen molar-refractivity contribution in [2.75, 3.05) is 13.1 Å². The molecule has 0 spiro atoms. The van der Waals surface area contributed by atoms with Gasteiger partial charge in [0.05, 0.1) is 9.92 Å². The largest absolute Gasteiger partial charge is 0.433 e. The fourth-order valence-electron chi connectivity index (χ4n) is 2.55. The Hall–Kier alpha value is -0.670. The van der Waals surface area contributed by atoms with E-state index in [1.807, 2.05) is 6.92 Å². The summed E-state index contributed by atoms with van der Waals surface area (Å²) in [6.07, 6.45) is 1.95. The van der Waals surface area contributed by atoms with Crippen molar-refractivity contribution in [1.29, 1.82) is 0 Å². The average Bonchev–Trinajstić information content (AvgIpc) is 2.49. The van der Waals surface area contributed by atoms with E-state index in [1.165, 1.54) is 6.07 Å². The first-order valence-corrected chi connectivity index (χ1v) is 9.13. The highest BCUT2D eigenvalue weighted by Gasteiger charge is 2.25. The Morgan fingerprint density at radius 1 is 1.42 bits per heavy atom. The zero-order valence-electron chi connectivity index (χ0n) is 13.0. The molecule has 0 radical (unpaired) electrons. The summed E-state index contributed by atoms with van der Waals surface area (Å²) < 4.78 is 56.0. The fourth-order valence-corrected chi connectivity index (χ4v) is 4.18. The summed E-state index contributed by atoms with van der Waals surface area (Å²) in [5.74, 6) is -0.0550. The molecule has 1 heterocycles. The van der Waals surface area contributed by atoms with E-state index in [4.69, 9.17) is 11.6 Å². The van der Waals surface area contributed by atoms with Crippen LogP contribution in [0.2, 0.25) is 5.02 Å². The summed E-state index contributed by atoms with van der Waals surface area (Å²) >= 11 is 5.80. The molecule has 2 unspecified atom stereocenters. The number of hydrogen-bond donors (Lipinski definition) is 2. The lowest BCUT2D eigenvalue weighted by atomic mass is 9.94. The number of benzene rings is 1. The van der Waals surface area contributed by atoms with E-state index in [2.05, 4.69) is 14.8 Å². The van der Waals surface area contributed by atoms with Gasteiger partial charge in [-0.15, -0.1) is 12.4 Å². The van der Waals surface area contributed by atoms with Crippen molar-refractivity contribution >= 4 is 34.0 Å². The number of halogens is 4. The van der Waals surface area contributed by atoms with Gasteiger partial charge in [0, 0.05) is 6.04 Å². The van der Waals surface area contributed by atoms with Crippen LogP contribution in [0.25, 0.3) is 0 Å². The van der Waals surface area contributed by atoms with Crippen LogP contribution in [0.4, 0.5) is 8.78 Å². The lowest BCUT2D eigenvalue weighted by molar-refractivity contribution is -0.0498. The van der Waals surface area contributed by atoms with Gasteiger partial charge in [-0.3, -0.25) is 0 Å². The minimum atomic E-state index is -3.78. The average molecular weight is 405 g/mol. The Bertz CT molecular complexity index is 641. The van der Waals surface area contributed by atoms with E-state index in [-0.39, 0.29) is 40.0 Å². The SMILES string of the molecule is CC(NS(=O)(=O)c1ccc(OC(F)F)c(Cl)c1)C1CCCNC1.Cl. The second-order valence-corrected chi connectivity index (χ2v) is 7.61. The summed E-state index contributed by atoms with van der Waals surface area (Å²) in [6, 6.07) is 3.17. The molecule has 2 rings (SSSR count). The zero-order valence-corrected chi connectivity index (χ0v) is 15.4. The molecule has 0 aromatic heterocycles. The fraction of sp³-hybridized carbons (Fsp3) is 0.571. The molecule has 1 aliphatic rings. The Balaban J connectivity index is 0.00000288. The van der Waals surface area contributed by atoms with Crippen LogP contribution in [0, 0.1) is 5.92 Å². The molecule has 1 aromatic carbocycles. The molecular formula is C14H20Cl2F2N2O3S. The minimum absolute atomic E-state index is 0. The first kappa shape index (κ1) is 21.4. The molecule has 24 heavy (non-hydrogen) atoms. The standard InChI is InChI=1S/C14H19ClF2N2O3S.ClH/c1-9(10-3-2-6-18-8-10)19-23(20,21)11-4-5-13(12(15)7-11)22-14(16)17;/h4-5,7,9-10,14,18-19H,2-3,6,8H2,1H3;1H. The van der Waals surface area contributed by atoms with Gasteiger partial charge in [0.25, 0.3) is 0 Å². The Kier molecular flexibility index (Phi) is 8.14. The van der Waals surface area contributed by atoms with Crippen molar-refractivity contribution in [1.82, 2.24) is 10.0 Å². The Labute approximate surface area is 151 Å². The van der Waals surface area contributed by atoms with E-state index in [0.29, 0.717) is 0 Å². The van der Waals surface area contributed by atoms with Crippen LogP contribution in [0.1, 0.15) is 19.8 Å². The first-order chi connectivity index (χ1) is 10.8. The van der Waals surface area contributed by atoms with E-state index in [9.17, 15) is 17.2 Å². The number of alkyl halides is 2. The van der Waals surface area contributed by atoms with Crippen molar-refractivity contribution in [3.63, 3.8) is 0 Å². The summed E-state index contributed by atoms with van der Waals surface area (Å²) in [5.41, 5.74) is 0. The van der Waals surface area contributed by atoms with Crippen molar-refractivity contribution in [3.8, 4) is 5.75 Å². The predicted octanol–water partition coefficient (Wildman–Crippen LogP) is 3.03. The molecule has 1 aliphatic heterocycles. The van der Waals surface area contributed by atoms with E-state index >= 15 is 0 Å². The highest BCUT2D eigenvalue weighted by atomic mass is 35.5. The van der Waals surface area contributed by atoms with Gasteiger partial charge in [-0.1, -0.05) is 11.6 Å². The van der Waals surface area contributed by atoms with E-state index in [0.717, 1.165) is 38.1 Å². The number of ether oxygens (including phenoxy) is 1. The molecule has 0 aliphatic carbocycles. The number of nitrogens with one attached hydrogen (secondary N) is 2. The lowest BCUT2D eigenvalue weighted by Gasteiger charge is -2.28. The first-order valence-electron chi connectivity index (χ1n) is 7.27. The van der Waals surface area contributed by atoms with E-state index in [1.54, 1.807) is 0 Å². The zero-order chi connectivity index (χ0) is 17.0. The van der Waals surface area contributed by atoms with Crippen LogP contribution in [0.3, 0.4) is 0 Å². The molecule has 0 amide bonds. The molecule has 2 N–H and O–H groups in total. The smallest absolute Gasteiger partial charge is 0.387 e. The number of sulfonamides is 1. The van der Waals surface area contributed by atoms with Gasteiger partial charge in [0.15, 0.2) is 0 Å². The highest BCUT2D eigenvalue weighted by Crippen LogP contribution is 2.29. The number of hydrogen-bond acceptors (Lipinski definition) is 4. The van der Waals surface area contributed by atoms with Crippen LogP contribution in [0.5, 0.6) is 5.75 Å². The molecule has 10 heteroatoms. The molecule has 1 saturated heterocycles. The van der Waals surface area contributed by atoms with Gasteiger partial charge in [0.2, 0.25) is 10.0 Å². The Morgan fingerprint density at radius 2 is 2.12 bits per heavy atom. The molecule has 2 atom stereocenters. The normalized spacial score (nSPS) is 19.6. The lowest BCUT2D eigenvalue weighted by Crippen LogP contribution is -2.44. The summed E-state index contributed by atoms with van der Waals surface area (Å²) in [6.45, 7) is 0.486. The summed E-state index contributed by atoms with van der Waals surface area (Å²) in [5, 5.41) is 3.05. The maximum atomic E-state index is 12.4. The van der Waals surface area contributed by atoms with Gasteiger partial charge >= 0.3 is 6.61 Å². The van der Waals surface area contributed by atoms with Crippen LogP contribution in [0.15, 0.2) is 23.1 Å². The third-order valence-electron chi connectivity index (χ3n) is 3.81. The Morgan fingerprint density at radius 3 is 2.67 bits per heavy atom. The van der Waals surface area contributed by atoms with Crippen molar-refractivity contribution in [3.05, 3.63) is 23.2 Å². The number of piperidine rings is 1. The third kappa shape index (κ3) is 5.70. The van der Waals surface area contributed by atoms with Crippen LogP contribution in [-0.4, -0.2) is 34.2 Å². The monoisotopic (exact) mass is 404 g/mol. The van der Waals surface area contributed by atoms with Crippen molar-refractivity contribution in [2.45, 2.75) is 37.3 Å².